The van der Waals surface area contributed by atoms with Gasteiger partial charge in [0.25, 0.3) is 0 Å². The largest absolute Gasteiger partial charge is 0.462 e. The van der Waals surface area contributed by atoms with Crippen LogP contribution in [0.15, 0.2) is 71.4 Å². The third kappa shape index (κ3) is 11.2. The Balaban J connectivity index is 1.14. The fraction of sp³-hybridized carbons (Fsp3) is 0.750. The fourth-order valence-corrected chi connectivity index (χ4v) is 11.6. The molecule has 0 aromatic carbocycles. The van der Waals surface area contributed by atoms with E-state index in [1.54, 1.807) is 20.3 Å². The lowest BCUT2D eigenvalue weighted by Crippen LogP contribution is -2.53. The van der Waals surface area contributed by atoms with Gasteiger partial charge in [-0.15, -0.1) is 0 Å². The zero-order valence-electron chi connectivity index (χ0n) is 39.3. The number of fused-ring (bicyclic) bond motifs is 2. The molecular weight excluding hydrogens is 801 g/mol. The first-order chi connectivity index (χ1) is 30.2. The molecule has 7 aliphatic rings. The van der Waals surface area contributed by atoms with Crippen molar-refractivity contribution < 1.29 is 52.9 Å². The Morgan fingerprint density at radius 2 is 1.70 bits per heavy atom. The zero-order chi connectivity index (χ0) is 45.0. The van der Waals surface area contributed by atoms with Crippen LogP contribution in [0.4, 0.5) is 0 Å². The standard InChI is InChI=1S/C52H78O11/c1-30-22-41(56-8)27-42(23-30)61-49-36(7)59-46(28-45(49)57-9)63-48-32(3)14-13-17-38-29-58-50-35(6)34(5)24-44(52(38,50)55)51(54)62-43-25-39(60-40(26-43)21-19-33(48)4)20-18-31(2)47(53)37-15-11-10-12-16-37/h13-14,17-20,24,30-32,36-37,39-50,53,55H,6,10-12,15-16,21-23,25-29H2,1-5,7-9H3/b14-13+,20-18-,33-19+,38-17+/t30?,31-,32-,36-,39?,40+,41?,42+,43?,44?,45-,46?,47?,48-,49?,50+,52+/m0/s1. The number of hydrogen-bond donors (Lipinski definition) is 2. The third-order valence-electron chi connectivity index (χ3n) is 15.4. The van der Waals surface area contributed by atoms with Gasteiger partial charge in [-0.3, -0.25) is 4.79 Å². The number of carbonyl (C=O) groups is 1. The van der Waals surface area contributed by atoms with E-state index in [1.807, 2.05) is 26.0 Å². The van der Waals surface area contributed by atoms with Gasteiger partial charge in [-0.2, -0.15) is 0 Å². The summed E-state index contributed by atoms with van der Waals surface area (Å²) < 4.78 is 51.5. The van der Waals surface area contributed by atoms with E-state index in [1.165, 1.54) is 19.3 Å². The van der Waals surface area contributed by atoms with Gasteiger partial charge in [-0.05, 0) is 93.4 Å². The highest BCUT2D eigenvalue weighted by atomic mass is 16.7. The molecule has 11 nitrogen and oxygen atoms in total. The van der Waals surface area contributed by atoms with Crippen molar-refractivity contribution in [1.29, 1.82) is 0 Å². The van der Waals surface area contributed by atoms with Crippen molar-refractivity contribution in [2.75, 3.05) is 20.8 Å². The number of aliphatic hydroxyl groups is 2. The second kappa shape index (κ2) is 21.5. The van der Waals surface area contributed by atoms with Crippen LogP contribution in [0.25, 0.3) is 0 Å². The molecule has 0 amide bonds. The van der Waals surface area contributed by atoms with E-state index in [9.17, 15) is 15.0 Å². The molecule has 4 heterocycles. The number of carbonyl (C=O) groups excluding carboxylic acids is 1. The Morgan fingerprint density at radius 1 is 0.937 bits per heavy atom. The van der Waals surface area contributed by atoms with Gasteiger partial charge in [0.05, 0.1) is 55.4 Å². The third-order valence-corrected chi connectivity index (χ3v) is 15.4. The van der Waals surface area contributed by atoms with Gasteiger partial charge in [0.1, 0.15) is 29.8 Å². The van der Waals surface area contributed by atoms with Crippen LogP contribution < -0.4 is 0 Å². The molecule has 2 saturated carbocycles. The van der Waals surface area contributed by atoms with Crippen molar-refractivity contribution in [2.24, 2.45) is 29.6 Å². The van der Waals surface area contributed by atoms with E-state index in [2.05, 4.69) is 58.6 Å². The molecule has 11 heteroatoms. The summed E-state index contributed by atoms with van der Waals surface area (Å²) in [5.41, 5.74) is 1.43. The molecule has 17 atom stereocenters. The van der Waals surface area contributed by atoms with E-state index >= 15 is 0 Å². The lowest BCUT2D eigenvalue weighted by atomic mass is 9.70. The Hall–Kier alpha value is -2.45. The van der Waals surface area contributed by atoms with Crippen molar-refractivity contribution in [3.05, 3.63) is 71.4 Å². The van der Waals surface area contributed by atoms with Crippen LogP contribution in [-0.4, -0.2) is 116 Å². The van der Waals surface area contributed by atoms with Gasteiger partial charge < -0.3 is 48.1 Å². The highest BCUT2D eigenvalue weighted by Gasteiger charge is 2.58. The van der Waals surface area contributed by atoms with Gasteiger partial charge in [0.2, 0.25) is 0 Å². The lowest BCUT2D eigenvalue weighted by Gasteiger charge is -2.44. The van der Waals surface area contributed by atoms with E-state index < -0.39 is 42.1 Å². The molecule has 0 radical (unpaired) electrons. The summed E-state index contributed by atoms with van der Waals surface area (Å²) in [4.78, 5) is 14.3. The summed E-state index contributed by atoms with van der Waals surface area (Å²) >= 11 is 0. The maximum Gasteiger partial charge on any atom is 0.316 e. The minimum atomic E-state index is -1.65. The minimum absolute atomic E-state index is 0.0383. The number of rotatable bonds is 10. The second-order valence-corrected chi connectivity index (χ2v) is 20.2. The van der Waals surface area contributed by atoms with Crippen LogP contribution in [0, 0.1) is 29.6 Å². The van der Waals surface area contributed by atoms with E-state index in [-0.39, 0.29) is 67.3 Å². The van der Waals surface area contributed by atoms with E-state index in [0.717, 1.165) is 43.3 Å². The molecule has 4 aliphatic heterocycles. The zero-order valence-corrected chi connectivity index (χ0v) is 39.3. The lowest BCUT2D eigenvalue weighted by molar-refractivity contribution is -0.278. The molecule has 0 aromatic heterocycles. The Bertz CT molecular complexity index is 1730. The van der Waals surface area contributed by atoms with Gasteiger partial charge >= 0.3 is 5.97 Å². The topological polar surface area (TPSA) is 131 Å². The first-order valence-electron chi connectivity index (χ1n) is 24.2. The number of allylic oxidation sites excluding steroid dienone is 2. The van der Waals surface area contributed by atoms with Crippen LogP contribution in [-0.2, 0) is 42.7 Å². The van der Waals surface area contributed by atoms with Crippen LogP contribution in [0.2, 0.25) is 0 Å². The quantitative estimate of drug-likeness (QED) is 0.162. The second-order valence-electron chi connectivity index (χ2n) is 20.2. The van der Waals surface area contributed by atoms with Crippen molar-refractivity contribution in [3.8, 4) is 0 Å². The molecule has 0 aromatic rings. The summed E-state index contributed by atoms with van der Waals surface area (Å²) in [7, 11) is 3.52. The molecule has 352 valence electrons. The number of ether oxygens (including phenoxy) is 8. The summed E-state index contributed by atoms with van der Waals surface area (Å²) in [6.07, 6.45) is 21.0. The summed E-state index contributed by atoms with van der Waals surface area (Å²) in [5, 5.41) is 23.9. The van der Waals surface area contributed by atoms with Crippen molar-refractivity contribution >= 4 is 5.97 Å². The predicted molar refractivity (Wildman–Crippen MR) is 242 cm³/mol. The summed E-state index contributed by atoms with van der Waals surface area (Å²) in [6, 6.07) is 0. The molecule has 8 unspecified atom stereocenters. The van der Waals surface area contributed by atoms with Crippen molar-refractivity contribution in [3.63, 3.8) is 0 Å². The molecule has 3 saturated heterocycles. The predicted octanol–water partition coefficient (Wildman–Crippen LogP) is 8.43. The van der Waals surface area contributed by atoms with Crippen LogP contribution in [0.3, 0.4) is 0 Å². The van der Waals surface area contributed by atoms with E-state index in [4.69, 9.17) is 37.9 Å². The molecule has 7 rings (SSSR count). The van der Waals surface area contributed by atoms with Crippen LogP contribution in [0.5, 0.6) is 0 Å². The smallest absolute Gasteiger partial charge is 0.316 e. The van der Waals surface area contributed by atoms with Crippen molar-refractivity contribution in [1.82, 2.24) is 0 Å². The first-order valence-corrected chi connectivity index (χ1v) is 24.2. The normalized spacial score (nSPS) is 44.1. The Labute approximate surface area is 377 Å². The molecule has 2 bridgehead atoms. The van der Waals surface area contributed by atoms with Gasteiger partial charge in [0.15, 0.2) is 6.29 Å². The summed E-state index contributed by atoms with van der Waals surface area (Å²) in [6.45, 7) is 16.9. The van der Waals surface area contributed by atoms with Crippen molar-refractivity contribution in [2.45, 2.75) is 198 Å². The van der Waals surface area contributed by atoms with Gasteiger partial charge in [-0.1, -0.05) is 89.1 Å². The maximum absolute atomic E-state index is 14.3. The Morgan fingerprint density at radius 3 is 2.44 bits per heavy atom. The molecule has 63 heavy (non-hydrogen) atoms. The van der Waals surface area contributed by atoms with E-state index in [0.29, 0.717) is 48.7 Å². The number of aliphatic hydroxyl groups excluding tert-OH is 1. The van der Waals surface area contributed by atoms with Crippen LogP contribution >= 0.6 is 0 Å². The highest BCUT2D eigenvalue weighted by Crippen LogP contribution is 2.47. The molecular formula is C52H78O11. The molecule has 0 spiro atoms. The number of methoxy groups -OCH3 is 2. The average molecular weight is 879 g/mol. The van der Waals surface area contributed by atoms with Crippen LogP contribution in [0.1, 0.15) is 119 Å². The molecule has 3 aliphatic carbocycles. The summed E-state index contributed by atoms with van der Waals surface area (Å²) in [5.74, 6) is -0.790. The number of hydrogen-bond acceptors (Lipinski definition) is 11. The average Bonchev–Trinajstić information content (AvgIpc) is 3.61. The first kappa shape index (κ1) is 48.5. The maximum atomic E-state index is 14.3. The van der Waals surface area contributed by atoms with Gasteiger partial charge in [-0.25, -0.2) is 0 Å². The monoisotopic (exact) mass is 879 g/mol. The highest BCUT2D eigenvalue weighted by molar-refractivity contribution is 5.79. The Kier molecular flexibility index (Phi) is 16.5. The SMILES string of the molecule is C=C1C(C)=CC2C(=O)OC3CC(/C=C\[C@H](C)C(O)C4CCCCC4)O[C@H](C/C=C(\C)[C@@H](OC4C[C@H](OC)C(O[C@@H]5CC(C)CC(OC)C5)[C@H](C)O4)[C@@H](C)/C=C/C=C4\CO[C@H]1[C@@]42O)C3. The molecule has 5 fully saturated rings. The minimum Gasteiger partial charge on any atom is -0.462 e. The fourth-order valence-electron chi connectivity index (χ4n) is 11.6. The molecule has 2 N–H and O–H groups in total. The van der Waals surface area contributed by atoms with Gasteiger partial charge in [0, 0.05) is 45.3 Å². The number of esters is 1.